The third-order valence-corrected chi connectivity index (χ3v) is 5.63. The Bertz CT molecular complexity index is 1060. The van der Waals surface area contributed by atoms with Crippen LogP contribution in [0.1, 0.15) is 42.8 Å². The number of furan rings is 1. The molecule has 0 radical (unpaired) electrons. The molecule has 2 nitrogen and oxygen atoms in total. The molecule has 4 rings (SSSR count). The summed E-state index contributed by atoms with van der Waals surface area (Å²) in [4.78, 5) is 0. The number of aryl methyl sites for hydroxylation is 1. The minimum absolute atomic E-state index is 0.719. The molecular weight excluding hydrogens is 388 g/mol. The predicted octanol–water partition coefficient (Wildman–Crippen LogP) is 6.77. The molecule has 0 bridgehead atoms. The van der Waals surface area contributed by atoms with Gasteiger partial charge in [-0.15, -0.1) is 0 Å². The largest absolute Gasteiger partial charge is 0.461 e. The van der Waals surface area contributed by atoms with E-state index in [1.165, 1.54) is 0 Å². The minimum Gasteiger partial charge on any atom is -0.461 e. The number of aliphatic hydroxyl groups is 1. The molecule has 4 aromatic rings. The lowest BCUT2D eigenvalue weighted by Crippen LogP contribution is -2.03. The fourth-order valence-corrected chi connectivity index (χ4v) is 4.10. The number of benzene rings is 3. The average molecular weight is 409 g/mol. The standard InChI is InChI=1S/C23H21BrO2/c1-2-3-11-21-22(18-10-6-7-12-20(18)26-21)23(25)17-13-14-19(24)16-9-5-4-8-15(16)17/h4-10,12-14,23,25H,2-3,11H2,1H3. The van der Waals surface area contributed by atoms with Gasteiger partial charge in [0, 0.05) is 21.8 Å². The number of fused-ring (bicyclic) bond motifs is 2. The van der Waals surface area contributed by atoms with Crippen LogP contribution in [-0.2, 0) is 6.42 Å². The average Bonchev–Trinajstić information content (AvgIpc) is 3.04. The summed E-state index contributed by atoms with van der Waals surface area (Å²) in [5, 5.41) is 14.5. The first-order valence-electron chi connectivity index (χ1n) is 9.06. The van der Waals surface area contributed by atoms with E-state index in [9.17, 15) is 5.11 Å². The van der Waals surface area contributed by atoms with E-state index >= 15 is 0 Å². The molecule has 1 N–H and O–H groups in total. The smallest absolute Gasteiger partial charge is 0.134 e. The van der Waals surface area contributed by atoms with Gasteiger partial charge in [-0.2, -0.15) is 0 Å². The molecule has 132 valence electrons. The minimum atomic E-state index is -0.719. The number of unbranched alkanes of at least 4 members (excludes halogenated alkanes) is 1. The van der Waals surface area contributed by atoms with Gasteiger partial charge in [-0.1, -0.05) is 77.8 Å². The van der Waals surface area contributed by atoms with Gasteiger partial charge in [0.1, 0.15) is 17.4 Å². The van der Waals surface area contributed by atoms with E-state index in [2.05, 4.69) is 35.0 Å². The molecule has 0 fully saturated rings. The quantitative estimate of drug-likeness (QED) is 0.395. The van der Waals surface area contributed by atoms with Crippen molar-refractivity contribution in [3.8, 4) is 0 Å². The van der Waals surface area contributed by atoms with Gasteiger partial charge in [-0.3, -0.25) is 0 Å². The Morgan fingerprint density at radius 1 is 0.923 bits per heavy atom. The van der Waals surface area contributed by atoms with E-state index < -0.39 is 6.10 Å². The van der Waals surface area contributed by atoms with E-state index in [4.69, 9.17) is 4.42 Å². The zero-order valence-electron chi connectivity index (χ0n) is 14.7. The molecule has 0 aliphatic carbocycles. The molecule has 0 saturated carbocycles. The van der Waals surface area contributed by atoms with Crippen LogP contribution in [0.5, 0.6) is 0 Å². The highest BCUT2D eigenvalue weighted by atomic mass is 79.9. The normalized spacial score (nSPS) is 12.7. The van der Waals surface area contributed by atoms with E-state index in [1.54, 1.807) is 0 Å². The van der Waals surface area contributed by atoms with E-state index in [0.717, 1.165) is 62.4 Å². The summed E-state index contributed by atoms with van der Waals surface area (Å²) in [6.45, 7) is 2.17. The maximum absolute atomic E-state index is 11.4. The van der Waals surface area contributed by atoms with Crippen molar-refractivity contribution >= 4 is 37.7 Å². The SMILES string of the molecule is CCCCc1oc2ccccc2c1C(O)c1ccc(Br)c2ccccc12. The maximum Gasteiger partial charge on any atom is 0.134 e. The molecule has 1 heterocycles. The van der Waals surface area contributed by atoms with Gasteiger partial charge in [0.15, 0.2) is 0 Å². The third kappa shape index (κ3) is 2.95. The highest BCUT2D eigenvalue weighted by molar-refractivity contribution is 9.10. The van der Waals surface area contributed by atoms with Crippen LogP contribution >= 0.6 is 15.9 Å². The van der Waals surface area contributed by atoms with Crippen molar-refractivity contribution in [3.05, 3.63) is 82.0 Å². The van der Waals surface area contributed by atoms with Crippen molar-refractivity contribution in [1.29, 1.82) is 0 Å². The Morgan fingerprint density at radius 3 is 2.38 bits per heavy atom. The van der Waals surface area contributed by atoms with Gasteiger partial charge in [0.25, 0.3) is 0 Å². The van der Waals surface area contributed by atoms with E-state index in [0.29, 0.717) is 0 Å². The summed E-state index contributed by atoms with van der Waals surface area (Å²) in [5.41, 5.74) is 2.66. The first kappa shape index (κ1) is 17.3. The number of aliphatic hydroxyl groups excluding tert-OH is 1. The first-order chi connectivity index (χ1) is 12.7. The summed E-state index contributed by atoms with van der Waals surface area (Å²) < 4.78 is 7.14. The number of hydrogen-bond donors (Lipinski definition) is 1. The van der Waals surface area contributed by atoms with E-state index in [1.807, 2.05) is 48.5 Å². The van der Waals surface area contributed by atoms with Crippen LogP contribution in [-0.4, -0.2) is 5.11 Å². The van der Waals surface area contributed by atoms with Crippen LogP contribution in [0.3, 0.4) is 0 Å². The lowest BCUT2D eigenvalue weighted by molar-refractivity contribution is 0.220. The fourth-order valence-electron chi connectivity index (χ4n) is 3.62. The van der Waals surface area contributed by atoms with Crippen LogP contribution in [0.4, 0.5) is 0 Å². The van der Waals surface area contributed by atoms with Gasteiger partial charge in [0.05, 0.1) is 0 Å². The van der Waals surface area contributed by atoms with Gasteiger partial charge in [-0.25, -0.2) is 0 Å². The van der Waals surface area contributed by atoms with Gasteiger partial charge in [0.2, 0.25) is 0 Å². The molecular formula is C23H21BrO2. The molecule has 0 aliphatic rings. The lowest BCUT2D eigenvalue weighted by atomic mass is 9.93. The second-order valence-electron chi connectivity index (χ2n) is 6.62. The van der Waals surface area contributed by atoms with Crippen LogP contribution < -0.4 is 0 Å². The monoisotopic (exact) mass is 408 g/mol. The van der Waals surface area contributed by atoms with Crippen molar-refractivity contribution in [2.24, 2.45) is 0 Å². The zero-order chi connectivity index (χ0) is 18.1. The second-order valence-corrected chi connectivity index (χ2v) is 7.48. The van der Waals surface area contributed by atoms with Crippen molar-refractivity contribution in [1.82, 2.24) is 0 Å². The van der Waals surface area contributed by atoms with Gasteiger partial charge >= 0.3 is 0 Å². The molecule has 0 amide bonds. The molecule has 1 atom stereocenters. The zero-order valence-corrected chi connectivity index (χ0v) is 16.3. The molecule has 1 unspecified atom stereocenters. The summed E-state index contributed by atoms with van der Waals surface area (Å²) >= 11 is 3.62. The van der Waals surface area contributed by atoms with Gasteiger partial charge in [-0.05, 0) is 34.9 Å². The third-order valence-electron chi connectivity index (χ3n) is 4.94. The molecule has 0 spiro atoms. The summed E-state index contributed by atoms with van der Waals surface area (Å²) in [6.07, 6.45) is 2.25. The Hall–Kier alpha value is -2.10. The predicted molar refractivity (Wildman–Crippen MR) is 111 cm³/mol. The summed E-state index contributed by atoms with van der Waals surface area (Å²) in [6, 6.07) is 20.2. The van der Waals surface area contributed by atoms with Crippen LogP contribution in [0, 0.1) is 0 Å². The Morgan fingerprint density at radius 2 is 1.62 bits per heavy atom. The number of hydrogen-bond acceptors (Lipinski definition) is 2. The summed E-state index contributed by atoms with van der Waals surface area (Å²) in [7, 11) is 0. The van der Waals surface area contributed by atoms with Crippen molar-refractivity contribution in [2.75, 3.05) is 0 Å². The maximum atomic E-state index is 11.4. The highest BCUT2D eigenvalue weighted by Crippen LogP contribution is 2.38. The Labute approximate surface area is 161 Å². The van der Waals surface area contributed by atoms with Gasteiger partial charge < -0.3 is 9.52 Å². The number of halogens is 1. The van der Waals surface area contributed by atoms with Crippen molar-refractivity contribution in [2.45, 2.75) is 32.3 Å². The highest BCUT2D eigenvalue weighted by Gasteiger charge is 2.23. The molecule has 26 heavy (non-hydrogen) atoms. The molecule has 0 saturated heterocycles. The molecule has 0 aliphatic heterocycles. The number of rotatable bonds is 5. The van der Waals surface area contributed by atoms with Crippen LogP contribution in [0.25, 0.3) is 21.7 Å². The Kier molecular flexibility index (Phi) is 4.84. The lowest BCUT2D eigenvalue weighted by Gasteiger charge is -2.16. The molecule has 3 heteroatoms. The topological polar surface area (TPSA) is 33.4 Å². The molecule has 3 aromatic carbocycles. The van der Waals surface area contributed by atoms with E-state index in [-0.39, 0.29) is 0 Å². The number of para-hydroxylation sites is 1. The fraction of sp³-hybridized carbons (Fsp3) is 0.217. The second kappa shape index (κ2) is 7.26. The van der Waals surface area contributed by atoms with Crippen molar-refractivity contribution < 1.29 is 9.52 Å². The van der Waals surface area contributed by atoms with Crippen LogP contribution in [0.2, 0.25) is 0 Å². The van der Waals surface area contributed by atoms with Crippen molar-refractivity contribution in [3.63, 3.8) is 0 Å². The van der Waals surface area contributed by atoms with Crippen LogP contribution in [0.15, 0.2) is 69.6 Å². The first-order valence-corrected chi connectivity index (χ1v) is 9.85. The molecule has 1 aromatic heterocycles. The summed E-state index contributed by atoms with van der Waals surface area (Å²) in [5.74, 6) is 0.896. The Balaban J connectivity index is 1.91.